The first-order valence-corrected chi connectivity index (χ1v) is 14.5. The third kappa shape index (κ3) is 4.80. The molecule has 1 saturated heterocycles. The van der Waals surface area contributed by atoms with E-state index in [2.05, 4.69) is 32.2 Å². The zero-order valence-corrected chi connectivity index (χ0v) is 24.9. The van der Waals surface area contributed by atoms with Crippen molar-refractivity contribution >= 4 is 45.0 Å². The number of likely N-dealkylation sites (tertiary alicyclic amines) is 1. The van der Waals surface area contributed by atoms with Crippen LogP contribution in [0.5, 0.6) is 23.0 Å². The molecule has 2 aromatic heterocycles. The molecular weight excluding hydrogens is 558 g/mol. The first-order valence-electron chi connectivity index (χ1n) is 14.5. The number of amides is 1. The van der Waals surface area contributed by atoms with Crippen molar-refractivity contribution in [3.05, 3.63) is 73.3 Å². The maximum atomic E-state index is 12.1. The maximum Gasteiger partial charge on any atom is 0.245 e. The molecule has 4 heterocycles. The summed E-state index contributed by atoms with van der Waals surface area (Å²) < 4.78 is 20.5. The molecule has 5 aromatic rings. The van der Waals surface area contributed by atoms with Crippen LogP contribution in [0.3, 0.4) is 0 Å². The van der Waals surface area contributed by atoms with Crippen molar-refractivity contribution in [1.82, 2.24) is 24.4 Å². The molecule has 0 unspecified atom stereocenters. The van der Waals surface area contributed by atoms with E-state index in [-0.39, 0.29) is 11.4 Å². The van der Waals surface area contributed by atoms with Crippen LogP contribution in [0, 0.1) is 6.92 Å². The number of hydrogen-bond acceptors (Lipinski definition) is 9. The maximum absolute atomic E-state index is 12.1. The quantitative estimate of drug-likeness (QED) is 0.239. The molecule has 0 atom stereocenters. The van der Waals surface area contributed by atoms with Crippen LogP contribution in [0.1, 0.15) is 18.4 Å². The largest absolute Gasteiger partial charge is 0.494 e. The molecule has 2 aliphatic heterocycles. The number of ether oxygens (including phenoxy) is 3. The third-order valence-corrected chi connectivity index (χ3v) is 8.52. The second-order valence-electron chi connectivity index (χ2n) is 11.3. The van der Waals surface area contributed by atoms with Gasteiger partial charge in [-0.15, -0.1) is 0 Å². The Morgan fingerprint density at radius 3 is 2.70 bits per heavy atom. The number of carbonyl (C=O) groups excluding carboxylic acids is 1. The Morgan fingerprint density at radius 1 is 1.09 bits per heavy atom. The molecule has 1 fully saturated rings. The van der Waals surface area contributed by atoms with Crippen LogP contribution < -0.4 is 24.8 Å². The first kappa shape index (κ1) is 27.5. The van der Waals surface area contributed by atoms with Crippen LogP contribution in [0.25, 0.3) is 21.9 Å². The molecular formula is C33H33N7O4. The highest BCUT2D eigenvalue weighted by Gasteiger charge is 2.41. The Labute approximate surface area is 254 Å². The number of benzene rings is 3. The van der Waals surface area contributed by atoms with Crippen LogP contribution in [0.15, 0.2) is 67.8 Å². The number of imidazole rings is 1. The van der Waals surface area contributed by atoms with Gasteiger partial charge in [0.1, 0.15) is 41.7 Å². The average Bonchev–Trinajstić information content (AvgIpc) is 3.41. The lowest BCUT2D eigenvalue weighted by molar-refractivity contribution is -0.127. The summed E-state index contributed by atoms with van der Waals surface area (Å²) in [4.78, 5) is 27.5. The first-order chi connectivity index (χ1) is 21.4. The summed E-state index contributed by atoms with van der Waals surface area (Å²) in [7, 11) is 3.61. The van der Waals surface area contributed by atoms with E-state index < -0.39 is 0 Å². The summed E-state index contributed by atoms with van der Waals surface area (Å²) in [6.45, 7) is 7.32. The van der Waals surface area contributed by atoms with Gasteiger partial charge in [-0.1, -0.05) is 6.58 Å². The van der Waals surface area contributed by atoms with Gasteiger partial charge in [0, 0.05) is 38.0 Å². The fourth-order valence-corrected chi connectivity index (χ4v) is 6.03. The second kappa shape index (κ2) is 10.7. The van der Waals surface area contributed by atoms with Gasteiger partial charge in [0.2, 0.25) is 5.91 Å². The number of aromatic nitrogens is 4. The van der Waals surface area contributed by atoms with Crippen molar-refractivity contribution in [3.8, 4) is 23.0 Å². The lowest BCUT2D eigenvalue weighted by Crippen LogP contribution is -2.55. The van der Waals surface area contributed by atoms with Crippen molar-refractivity contribution in [2.75, 3.05) is 37.4 Å². The Morgan fingerprint density at radius 2 is 1.93 bits per heavy atom. The van der Waals surface area contributed by atoms with Gasteiger partial charge in [-0.05, 0) is 61.7 Å². The van der Waals surface area contributed by atoms with Gasteiger partial charge in [0.25, 0.3) is 0 Å². The number of aryl methyl sites for hydroxylation is 2. The van der Waals surface area contributed by atoms with Gasteiger partial charge in [-0.2, -0.15) is 0 Å². The fourth-order valence-electron chi connectivity index (χ4n) is 6.03. The number of carbonyl (C=O) groups is 1. The van der Waals surface area contributed by atoms with Gasteiger partial charge in [0.15, 0.2) is 5.75 Å². The number of piperidine rings is 1. The van der Waals surface area contributed by atoms with Crippen molar-refractivity contribution in [1.29, 1.82) is 0 Å². The summed E-state index contributed by atoms with van der Waals surface area (Å²) in [5.41, 5.74) is 4.88. The summed E-state index contributed by atoms with van der Waals surface area (Å²) in [5.74, 6) is 3.32. The van der Waals surface area contributed by atoms with Crippen LogP contribution in [0.4, 0.5) is 17.2 Å². The monoisotopic (exact) mass is 591 g/mol. The molecule has 2 aliphatic rings. The highest BCUT2D eigenvalue weighted by Crippen LogP contribution is 2.49. The van der Waals surface area contributed by atoms with Crippen LogP contribution in [0.2, 0.25) is 0 Å². The smallest absolute Gasteiger partial charge is 0.245 e. The highest BCUT2D eigenvalue weighted by molar-refractivity contribution is 6.02. The summed E-state index contributed by atoms with van der Waals surface area (Å²) in [6.07, 6.45) is 6.17. The Balaban J connectivity index is 1.16. The van der Waals surface area contributed by atoms with Gasteiger partial charge in [-0.25, -0.2) is 15.0 Å². The van der Waals surface area contributed by atoms with Gasteiger partial charge < -0.3 is 34.3 Å². The minimum absolute atomic E-state index is 0.0470. The van der Waals surface area contributed by atoms with Crippen molar-refractivity contribution < 1.29 is 19.0 Å². The molecule has 224 valence electrons. The van der Waals surface area contributed by atoms with E-state index in [1.54, 1.807) is 13.4 Å². The summed E-state index contributed by atoms with van der Waals surface area (Å²) >= 11 is 0. The fraction of sp³-hybridized carbons (Fsp3) is 0.273. The van der Waals surface area contributed by atoms with Crippen molar-refractivity contribution in [3.63, 3.8) is 0 Å². The number of anilines is 3. The topological polar surface area (TPSA) is 116 Å². The zero-order chi connectivity index (χ0) is 30.4. The molecule has 0 radical (unpaired) electrons. The SMILES string of the molecule is C=CC(=O)N1CCC2(CC1)COc1c(c(OC)cc3ncnc(Nc4ccc(Oc5ccc6c(c5)ncn6C)c(C)c4)c13)N2. The molecule has 44 heavy (non-hydrogen) atoms. The molecule has 0 bridgehead atoms. The predicted octanol–water partition coefficient (Wildman–Crippen LogP) is 5.72. The molecule has 0 aliphatic carbocycles. The van der Waals surface area contributed by atoms with Gasteiger partial charge >= 0.3 is 0 Å². The normalized spacial score (nSPS) is 15.4. The second-order valence-corrected chi connectivity index (χ2v) is 11.3. The van der Waals surface area contributed by atoms with E-state index in [1.165, 1.54) is 12.4 Å². The van der Waals surface area contributed by atoms with E-state index in [0.29, 0.717) is 42.5 Å². The van der Waals surface area contributed by atoms with E-state index in [4.69, 9.17) is 14.2 Å². The summed E-state index contributed by atoms with van der Waals surface area (Å²) in [5, 5.41) is 7.95. The number of hydrogen-bond donors (Lipinski definition) is 2. The lowest BCUT2D eigenvalue weighted by Gasteiger charge is -2.45. The molecule has 0 saturated carbocycles. The van der Waals surface area contributed by atoms with Crippen molar-refractivity contribution in [2.45, 2.75) is 25.3 Å². The van der Waals surface area contributed by atoms with E-state index in [0.717, 1.165) is 57.7 Å². The predicted molar refractivity (Wildman–Crippen MR) is 169 cm³/mol. The average molecular weight is 592 g/mol. The van der Waals surface area contributed by atoms with E-state index >= 15 is 0 Å². The highest BCUT2D eigenvalue weighted by atomic mass is 16.5. The van der Waals surface area contributed by atoms with Crippen LogP contribution >= 0.6 is 0 Å². The lowest BCUT2D eigenvalue weighted by atomic mass is 9.86. The number of methoxy groups -OCH3 is 1. The standard InChI is InChI=1S/C33H33N7O4/c1-5-28(41)40-12-10-33(11-13-40)17-43-31-29-24(16-27(42-4)30(31)38-33)34-18-35-32(29)37-21-6-9-26(20(2)14-21)44-22-7-8-25-23(15-22)36-19-39(25)3/h5-9,14-16,18-19,38H,1,10-13,17H2,2-4H3,(H,34,35,37). The Bertz CT molecular complexity index is 1930. The molecule has 1 spiro atoms. The Hall–Kier alpha value is -5.32. The van der Waals surface area contributed by atoms with Crippen LogP contribution in [-0.4, -0.2) is 62.7 Å². The number of nitrogens with one attached hydrogen (secondary N) is 2. The number of fused-ring (bicyclic) bond motifs is 4. The Kier molecular flexibility index (Phi) is 6.72. The van der Waals surface area contributed by atoms with E-state index in [1.807, 2.05) is 65.9 Å². The summed E-state index contributed by atoms with van der Waals surface area (Å²) in [6, 6.07) is 13.7. The molecule has 7 rings (SSSR count). The zero-order valence-electron chi connectivity index (χ0n) is 24.9. The molecule has 2 N–H and O–H groups in total. The minimum Gasteiger partial charge on any atom is -0.494 e. The van der Waals surface area contributed by atoms with Gasteiger partial charge in [-0.3, -0.25) is 4.79 Å². The number of rotatable bonds is 6. The molecule has 3 aromatic carbocycles. The molecule has 1 amide bonds. The van der Waals surface area contributed by atoms with E-state index in [9.17, 15) is 4.79 Å². The minimum atomic E-state index is -0.316. The van der Waals surface area contributed by atoms with Crippen LogP contribution in [-0.2, 0) is 11.8 Å². The molecule has 11 heteroatoms. The van der Waals surface area contributed by atoms with Crippen molar-refractivity contribution in [2.24, 2.45) is 7.05 Å². The number of nitrogens with zero attached hydrogens (tertiary/aromatic N) is 5. The molecule has 11 nitrogen and oxygen atoms in total. The third-order valence-electron chi connectivity index (χ3n) is 8.52. The van der Waals surface area contributed by atoms with Gasteiger partial charge in [0.05, 0.1) is 40.9 Å².